The molecule has 2 N–H and O–H groups in total. The van der Waals surface area contributed by atoms with Crippen molar-refractivity contribution in [3.05, 3.63) is 12.2 Å². The molecule has 0 rings (SSSR count). The van der Waals surface area contributed by atoms with Gasteiger partial charge in [-0.3, -0.25) is 14.4 Å². The number of carbonyl (C=O) groups is 3. The Hall–Kier alpha value is -1.85. The van der Waals surface area contributed by atoms with Gasteiger partial charge in [0.05, 0.1) is 0 Å². The summed E-state index contributed by atoms with van der Waals surface area (Å²) >= 11 is 0. The van der Waals surface area contributed by atoms with Crippen molar-refractivity contribution in [1.29, 1.82) is 0 Å². The molecule has 0 aliphatic heterocycles. The van der Waals surface area contributed by atoms with E-state index in [2.05, 4.69) is 31.3 Å². The highest BCUT2D eigenvalue weighted by Crippen LogP contribution is 2.17. The number of ether oxygens (including phenoxy) is 1. The molecule has 1 unspecified atom stereocenters. The van der Waals surface area contributed by atoms with Crippen LogP contribution in [-0.4, -0.2) is 35.6 Å². The fourth-order valence-electron chi connectivity index (χ4n) is 3.87. The third kappa shape index (κ3) is 23.3. The second-order valence-electron chi connectivity index (χ2n) is 9.30. The van der Waals surface area contributed by atoms with Crippen molar-refractivity contribution in [3.63, 3.8) is 0 Å². The van der Waals surface area contributed by atoms with Gasteiger partial charge in [-0.15, -0.1) is 0 Å². The minimum atomic E-state index is -1.03. The topological polar surface area (TPSA) is 92.7 Å². The summed E-state index contributed by atoms with van der Waals surface area (Å²) in [5.41, 5.74) is 0. The molecule has 1 amide bonds. The number of carboxylic acids is 1. The molecule has 1 atom stereocenters. The molecule has 0 aliphatic carbocycles. The average Bonchev–Trinajstić information content (AvgIpc) is 2.81. The maximum atomic E-state index is 12.4. The zero-order chi connectivity index (χ0) is 25.3. The van der Waals surface area contributed by atoms with Crippen LogP contribution in [-0.2, 0) is 19.1 Å². The molecule has 0 radical (unpaired) electrons. The van der Waals surface area contributed by atoms with Crippen molar-refractivity contribution in [2.24, 2.45) is 0 Å². The molecule has 0 aromatic carbocycles. The molecular weight excluding hydrogens is 430 g/mol. The first-order valence-corrected chi connectivity index (χ1v) is 13.8. The molecule has 34 heavy (non-hydrogen) atoms. The number of nitrogens with one attached hydrogen (secondary N) is 1. The monoisotopic (exact) mass is 481 g/mol. The van der Waals surface area contributed by atoms with E-state index in [0.717, 1.165) is 57.8 Å². The van der Waals surface area contributed by atoms with Crippen molar-refractivity contribution in [2.45, 2.75) is 142 Å². The first kappa shape index (κ1) is 32.1. The molecule has 198 valence electrons. The number of hydrogen-bond acceptors (Lipinski definition) is 4. The number of esters is 1. The summed E-state index contributed by atoms with van der Waals surface area (Å²) in [5.74, 6) is -1.33. The SMILES string of the molecule is CCC/C=C\CCCCCCCC(=O)OC(CCCCCC)CCCCCC(=O)NCC(=O)O. The summed E-state index contributed by atoms with van der Waals surface area (Å²) in [6, 6.07) is 0. The Kier molecular flexibility index (Phi) is 23.0. The fraction of sp³-hybridized carbons (Fsp3) is 0.821. The van der Waals surface area contributed by atoms with Crippen molar-refractivity contribution < 1.29 is 24.2 Å². The summed E-state index contributed by atoms with van der Waals surface area (Å²) in [6.45, 7) is 4.05. The van der Waals surface area contributed by atoms with Crippen molar-refractivity contribution in [2.75, 3.05) is 6.54 Å². The third-order valence-corrected chi connectivity index (χ3v) is 5.92. The van der Waals surface area contributed by atoms with E-state index in [1.165, 1.54) is 51.4 Å². The second-order valence-corrected chi connectivity index (χ2v) is 9.30. The summed E-state index contributed by atoms with van der Waals surface area (Å²) in [5, 5.41) is 11.0. The highest BCUT2D eigenvalue weighted by atomic mass is 16.5. The van der Waals surface area contributed by atoms with E-state index in [9.17, 15) is 14.4 Å². The number of aliphatic carboxylic acids is 1. The van der Waals surface area contributed by atoms with Gasteiger partial charge in [-0.2, -0.15) is 0 Å². The highest BCUT2D eigenvalue weighted by Gasteiger charge is 2.14. The molecule has 0 aliphatic rings. The predicted octanol–water partition coefficient (Wildman–Crippen LogP) is 7.11. The predicted molar refractivity (Wildman–Crippen MR) is 139 cm³/mol. The summed E-state index contributed by atoms with van der Waals surface area (Å²) in [7, 11) is 0. The Bertz CT molecular complexity index is 547. The van der Waals surface area contributed by atoms with Crippen LogP contribution in [0.1, 0.15) is 136 Å². The van der Waals surface area contributed by atoms with Crippen LogP contribution in [0.2, 0.25) is 0 Å². The Morgan fingerprint density at radius 2 is 1.32 bits per heavy atom. The lowest BCUT2D eigenvalue weighted by molar-refractivity contribution is -0.150. The number of rotatable bonds is 24. The lowest BCUT2D eigenvalue weighted by Gasteiger charge is -2.18. The second kappa shape index (κ2) is 24.3. The number of amides is 1. The lowest BCUT2D eigenvalue weighted by atomic mass is 10.0. The number of carboxylic acid groups (broad SMARTS) is 1. The van der Waals surface area contributed by atoms with Gasteiger partial charge in [-0.1, -0.05) is 77.4 Å². The average molecular weight is 482 g/mol. The molecule has 0 bridgehead atoms. The van der Waals surface area contributed by atoms with E-state index in [-0.39, 0.29) is 24.5 Å². The maximum absolute atomic E-state index is 12.4. The van der Waals surface area contributed by atoms with E-state index >= 15 is 0 Å². The van der Waals surface area contributed by atoms with Crippen molar-refractivity contribution in [1.82, 2.24) is 5.32 Å². The van der Waals surface area contributed by atoms with Crippen LogP contribution in [0.3, 0.4) is 0 Å². The first-order chi connectivity index (χ1) is 16.5. The quantitative estimate of drug-likeness (QED) is 0.0870. The Labute approximate surface area is 208 Å². The molecule has 0 saturated heterocycles. The van der Waals surface area contributed by atoms with Gasteiger partial charge in [0.1, 0.15) is 12.6 Å². The highest BCUT2D eigenvalue weighted by molar-refractivity contribution is 5.80. The molecule has 6 nitrogen and oxygen atoms in total. The maximum Gasteiger partial charge on any atom is 0.322 e. The van der Waals surface area contributed by atoms with Crippen molar-refractivity contribution >= 4 is 17.8 Å². The molecule has 0 fully saturated rings. The molecule has 6 heteroatoms. The zero-order valence-electron chi connectivity index (χ0n) is 22.0. The normalized spacial score (nSPS) is 12.1. The van der Waals surface area contributed by atoms with E-state index in [1.807, 2.05) is 0 Å². The van der Waals surface area contributed by atoms with E-state index in [0.29, 0.717) is 12.8 Å². The van der Waals surface area contributed by atoms with Gasteiger partial charge < -0.3 is 15.2 Å². The minimum Gasteiger partial charge on any atom is -0.480 e. The van der Waals surface area contributed by atoms with E-state index in [1.54, 1.807) is 0 Å². The van der Waals surface area contributed by atoms with Crippen LogP contribution in [0.15, 0.2) is 12.2 Å². The minimum absolute atomic E-state index is 0.0277. The van der Waals surface area contributed by atoms with Gasteiger partial charge in [0.2, 0.25) is 5.91 Å². The molecule has 0 spiro atoms. The summed E-state index contributed by atoms with van der Waals surface area (Å²) in [4.78, 5) is 34.4. The van der Waals surface area contributed by atoms with E-state index < -0.39 is 5.97 Å². The molecule has 0 aromatic rings. The largest absolute Gasteiger partial charge is 0.480 e. The Morgan fingerprint density at radius 3 is 2.00 bits per heavy atom. The fourth-order valence-corrected chi connectivity index (χ4v) is 3.87. The van der Waals surface area contributed by atoms with Gasteiger partial charge in [0.15, 0.2) is 0 Å². The van der Waals surface area contributed by atoms with Crippen LogP contribution in [0, 0.1) is 0 Å². The van der Waals surface area contributed by atoms with Crippen LogP contribution in [0.5, 0.6) is 0 Å². The molecule has 0 heterocycles. The molecule has 0 saturated carbocycles. The third-order valence-electron chi connectivity index (χ3n) is 5.92. The van der Waals surface area contributed by atoms with Gasteiger partial charge in [0, 0.05) is 12.8 Å². The number of unbranched alkanes of at least 4 members (excludes halogenated alkanes) is 11. The summed E-state index contributed by atoms with van der Waals surface area (Å²) < 4.78 is 5.81. The summed E-state index contributed by atoms with van der Waals surface area (Å²) in [6.07, 6.45) is 23.4. The van der Waals surface area contributed by atoms with Gasteiger partial charge in [-0.25, -0.2) is 0 Å². The van der Waals surface area contributed by atoms with Crippen LogP contribution in [0.4, 0.5) is 0 Å². The van der Waals surface area contributed by atoms with Crippen LogP contribution >= 0.6 is 0 Å². The zero-order valence-corrected chi connectivity index (χ0v) is 22.0. The van der Waals surface area contributed by atoms with Crippen LogP contribution < -0.4 is 5.32 Å². The van der Waals surface area contributed by atoms with Gasteiger partial charge in [0.25, 0.3) is 0 Å². The standard InChI is InChI=1S/C28H51NO5/c1-3-5-7-9-10-11-12-13-14-19-23-28(33)34-25(20-16-8-6-4-2)21-17-15-18-22-26(30)29-24-27(31)32/h7,9,25H,3-6,8,10-24H2,1-2H3,(H,29,30)(H,31,32)/b9-7-. The van der Waals surface area contributed by atoms with E-state index in [4.69, 9.17) is 9.84 Å². The number of hydrogen-bond donors (Lipinski definition) is 2. The number of allylic oxidation sites excluding steroid dienone is 2. The Balaban J connectivity index is 4.03. The smallest absolute Gasteiger partial charge is 0.322 e. The lowest BCUT2D eigenvalue weighted by Crippen LogP contribution is -2.28. The molecule has 0 aromatic heterocycles. The Morgan fingerprint density at radius 1 is 0.735 bits per heavy atom. The van der Waals surface area contributed by atoms with Gasteiger partial charge in [-0.05, 0) is 57.8 Å². The number of carbonyl (C=O) groups excluding carboxylic acids is 2. The van der Waals surface area contributed by atoms with Crippen molar-refractivity contribution in [3.8, 4) is 0 Å². The molecular formula is C28H51NO5. The first-order valence-electron chi connectivity index (χ1n) is 13.8. The van der Waals surface area contributed by atoms with Crippen LogP contribution in [0.25, 0.3) is 0 Å². The van der Waals surface area contributed by atoms with Gasteiger partial charge >= 0.3 is 11.9 Å².